The zero-order valence-electron chi connectivity index (χ0n) is 12.5. The van der Waals surface area contributed by atoms with Crippen molar-refractivity contribution in [1.82, 2.24) is 14.6 Å². The molecule has 2 rings (SSSR count). The lowest BCUT2D eigenvalue weighted by Gasteiger charge is -2.24. The van der Waals surface area contributed by atoms with Crippen LogP contribution in [-0.4, -0.2) is 44.4 Å². The van der Waals surface area contributed by atoms with E-state index in [0.29, 0.717) is 0 Å². The third kappa shape index (κ3) is 3.11. The van der Waals surface area contributed by atoms with Gasteiger partial charge in [0.15, 0.2) is 5.65 Å². The van der Waals surface area contributed by atoms with Crippen LogP contribution in [0, 0.1) is 0 Å². The molecule has 0 saturated heterocycles. The van der Waals surface area contributed by atoms with Crippen LogP contribution in [0.25, 0.3) is 5.65 Å². The molecular weight excluding hydrogens is 312 g/mol. The molecule has 0 spiro atoms. The van der Waals surface area contributed by atoms with E-state index >= 15 is 0 Å². The minimum Gasteiger partial charge on any atom is -0.477 e. The number of anilines is 1. The van der Waals surface area contributed by atoms with E-state index in [0.717, 1.165) is 6.20 Å². The van der Waals surface area contributed by atoms with Gasteiger partial charge >= 0.3 is 12.1 Å². The summed E-state index contributed by atoms with van der Waals surface area (Å²) in [6.45, 7) is 5.22. The van der Waals surface area contributed by atoms with E-state index in [1.54, 1.807) is 20.8 Å². The second-order valence-electron chi connectivity index (χ2n) is 5.58. The summed E-state index contributed by atoms with van der Waals surface area (Å²) in [5, 5.41) is 13.1. The van der Waals surface area contributed by atoms with Crippen LogP contribution in [-0.2, 0) is 4.74 Å². The maximum atomic E-state index is 12.1. The van der Waals surface area contributed by atoms with Crippen molar-refractivity contribution in [2.24, 2.45) is 0 Å². The largest absolute Gasteiger partial charge is 0.477 e. The fraction of sp³-hybridized carbons (Fsp3) is 0.385. The lowest BCUT2D eigenvalue weighted by molar-refractivity contribution is 0.0587. The number of aromatic carboxylic acids is 1. The van der Waals surface area contributed by atoms with Gasteiger partial charge in [0.1, 0.15) is 22.1 Å². The highest BCUT2D eigenvalue weighted by molar-refractivity contribution is 6.30. The van der Waals surface area contributed by atoms with E-state index in [-0.39, 0.29) is 22.2 Å². The van der Waals surface area contributed by atoms with Crippen molar-refractivity contribution in [3.05, 3.63) is 23.0 Å². The number of rotatable bonds is 2. The Morgan fingerprint density at radius 1 is 1.41 bits per heavy atom. The highest BCUT2D eigenvalue weighted by atomic mass is 35.5. The highest BCUT2D eigenvalue weighted by Gasteiger charge is 2.24. The van der Waals surface area contributed by atoms with Crippen molar-refractivity contribution in [1.29, 1.82) is 0 Å². The number of hydrogen-bond donors (Lipinski definition) is 1. The van der Waals surface area contributed by atoms with E-state index in [2.05, 4.69) is 10.1 Å². The number of nitrogens with zero attached hydrogens (tertiary/aromatic N) is 4. The number of halogens is 1. The molecule has 0 radical (unpaired) electrons. The minimum absolute atomic E-state index is 0.0425. The van der Waals surface area contributed by atoms with E-state index in [1.807, 2.05) is 0 Å². The zero-order valence-corrected chi connectivity index (χ0v) is 13.2. The van der Waals surface area contributed by atoms with Crippen molar-refractivity contribution in [2.75, 3.05) is 11.9 Å². The van der Waals surface area contributed by atoms with Crippen LogP contribution in [0.3, 0.4) is 0 Å². The van der Waals surface area contributed by atoms with E-state index in [9.17, 15) is 9.59 Å². The number of carbonyl (C=O) groups is 2. The zero-order chi connectivity index (χ0) is 16.7. The molecule has 2 heterocycles. The van der Waals surface area contributed by atoms with Crippen LogP contribution < -0.4 is 4.90 Å². The van der Waals surface area contributed by atoms with Crippen molar-refractivity contribution < 1.29 is 19.4 Å². The lowest BCUT2D eigenvalue weighted by atomic mass is 10.2. The molecule has 1 amide bonds. The number of carboxylic acids is 1. The molecule has 9 heteroatoms. The molecule has 0 saturated carbocycles. The molecule has 0 fully saturated rings. The monoisotopic (exact) mass is 326 g/mol. The van der Waals surface area contributed by atoms with Crippen molar-refractivity contribution in [2.45, 2.75) is 26.4 Å². The number of ether oxygens (including phenoxy) is 1. The van der Waals surface area contributed by atoms with Gasteiger partial charge in [-0.3, -0.25) is 4.90 Å². The van der Waals surface area contributed by atoms with Crippen LogP contribution in [0.1, 0.15) is 31.1 Å². The number of carbonyl (C=O) groups excluding carboxylic acids is 1. The number of fused-ring (bicyclic) bond motifs is 1. The predicted octanol–water partition coefficient (Wildman–Crippen LogP) is 2.45. The molecule has 2 aromatic heterocycles. The van der Waals surface area contributed by atoms with E-state index in [1.165, 1.54) is 22.5 Å². The first-order valence-corrected chi connectivity index (χ1v) is 6.72. The normalized spacial score (nSPS) is 11.5. The van der Waals surface area contributed by atoms with Crippen LogP contribution in [0.15, 0.2) is 12.3 Å². The topological polar surface area (TPSA) is 97.0 Å². The van der Waals surface area contributed by atoms with Gasteiger partial charge in [-0.15, -0.1) is 0 Å². The Balaban J connectivity index is 2.51. The van der Waals surface area contributed by atoms with Gasteiger partial charge in [-0.25, -0.2) is 14.6 Å². The smallest absolute Gasteiger partial charge is 0.415 e. The molecule has 118 valence electrons. The van der Waals surface area contributed by atoms with Gasteiger partial charge in [0.2, 0.25) is 0 Å². The second-order valence-corrected chi connectivity index (χ2v) is 5.96. The molecule has 0 bridgehead atoms. The van der Waals surface area contributed by atoms with Crippen molar-refractivity contribution >= 4 is 35.1 Å². The van der Waals surface area contributed by atoms with Gasteiger partial charge < -0.3 is 9.84 Å². The van der Waals surface area contributed by atoms with Crippen molar-refractivity contribution in [3.8, 4) is 0 Å². The quantitative estimate of drug-likeness (QED) is 0.851. The molecule has 0 aliphatic rings. The molecule has 2 aromatic rings. The average Bonchev–Trinajstić information content (AvgIpc) is 2.78. The molecule has 0 atom stereocenters. The third-order valence-corrected chi connectivity index (χ3v) is 2.86. The molecule has 0 aromatic carbocycles. The summed E-state index contributed by atoms with van der Waals surface area (Å²) in [5.41, 5.74) is -0.732. The van der Waals surface area contributed by atoms with Crippen LogP contribution in [0.4, 0.5) is 10.6 Å². The van der Waals surface area contributed by atoms with E-state index < -0.39 is 17.7 Å². The maximum Gasteiger partial charge on any atom is 0.415 e. The second kappa shape index (κ2) is 5.45. The van der Waals surface area contributed by atoms with Gasteiger partial charge in [0.05, 0.1) is 6.20 Å². The molecule has 0 unspecified atom stereocenters. The summed E-state index contributed by atoms with van der Waals surface area (Å²) >= 11 is 5.92. The summed E-state index contributed by atoms with van der Waals surface area (Å²) in [4.78, 5) is 28.4. The first kappa shape index (κ1) is 16.0. The number of carboxylic acid groups (broad SMARTS) is 1. The highest BCUT2D eigenvalue weighted by Crippen LogP contribution is 2.23. The summed E-state index contributed by atoms with van der Waals surface area (Å²) in [6, 6.07) is 1.40. The average molecular weight is 327 g/mol. The molecule has 8 nitrogen and oxygen atoms in total. The summed E-state index contributed by atoms with van der Waals surface area (Å²) < 4.78 is 6.48. The number of amides is 1. The Kier molecular flexibility index (Phi) is 3.97. The number of aromatic nitrogens is 3. The molecule has 0 aliphatic carbocycles. The standard InChI is InChI=1S/C13H15ClN4O4/c1-13(2,3)22-12(21)17(4)9-5-8(14)16-10-7(11(19)20)6-15-18(9)10/h5-6H,1-4H3,(H,19,20). The third-order valence-electron chi connectivity index (χ3n) is 2.66. The minimum atomic E-state index is -1.18. The van der Waals surface area contributed by atoms with Gasteiger partial charge in [-0.1, -0.05) is 11.6 Å². The molecule has 22 heavy (non-hydrogen) atoms. The van der Waals surface area contributed by atoms with Gasteiger partial charge in [0.25, 0.3) is 0 Å². The summed E-state index contributed by atoms with van der Waals surface area (Å²) in [5.74, 6) is -0.938. The molecule has 0 aliphatic heterocycles. The van der Waals surface area contributed by atoms with Crippen LogP contribution in [0.5, 0.6) is 0 Å². The Labute approximate surface area is 131 Å². The van der Waals surface area contributed by atoms with Crippen LogP contribution >= 0.6 is 11.6 Å². The Bertz CT molecular complexity index is 750. The Hall–Kier alpha value is -2.35. The molecular formula is C13H15ClN4O4. The maximum absolute atomic E-state index is 12.1. The fourth-order valence-electron chi connectivity index (χ4n) is 1.73. The first-order chi connectivity index (χ1) is 10.1. The SMILES string of the molecule is CN(C(=O)OC(C)(C)C)c1cc(Cl)nc2c(C(=O)O)cnn12. The van der Waals surface area contributed by atoms with Gasteiger partial charge in [0, 0.05) is 13.1 Å². The number of hydrogen-bond acceptors (Lipinski definition) is 5. The van der Waals surface area contributed by atoms with Gasteiger partial charge in [-0.05, 0) is 20.8 Å². The summed E-state index contributed by atoms with van der Waals surface area (Å²) in [7, 11) is 1.47. The summed E-state index contributed by atoms with van der Waals surface area (Å²) in [6.07, 6.45) is 0.524. The Morgan fingerprint density at radius 3 is 2.59 bits per heavy atom. The van der Waals surface area contributed by atoms with Gasteiger partial charge in [-0.2, -0.15) is 9.61 Å². The predicted molar refractivity (Wildman–Crippen MR) is 79.6 cm³/mol. The van der Waals surface area contributed by atoms with Crippen molar-refractivity contribution in [3.63, 3.8) is 0 Å². The molecule has 1 N–H and O–H groups in total. The first-order valence-electron chi connectivity index (χ1n) is 6.34. The lowest BCUT2D eigenvalue weighted by Crippen LogP contribution is -2.35. The van der Waals surface area contributed by atoms with E-state index in [4.69, 9.17) is 21.4 Å². The Morgan fingerprint density at radius 2 is 2.05 bits per heavy atom. The van der Waals surface area contributed by atoms with Crippen LogP contribution in [0.2, 0.25) is 5.15 Å². The fourth-order valence-corrected chi connectivity index (χ4v) is 1.91.